The van der Waals surface area contributed by atoms with Gasteiger partial charge in [0.15, 0.2) is 0 Å². The molecule has 0 aliphatic heterocycles. The maximum Gasteiger partial charge on any atom is 0.111 e. The second kappa shape index (κ2) is 6.30. The Morgan fingerprint density at radius 3 is 2.67 bits per heavy atom. The summed E-state index contributed by atoms with van der Waals surface area (Å²) < 4.78 is 7.51. The van der Waals surface area contributed by atoms with Gasteiger partial charge in [0.25, 0.3) is 0 Å². The standard InChI is InChI=1S/C15H13Cl3N2O/c16-5-3-15-19-13-8-11(17)12(18)9-14(13)20(15)6-4-10-2-1-7-21-10/h1-2,7-9H,3-6H2. The average Bonchev–Trinajstić information content (AvgIpc) is 3.06. The van der Waals surface area contributed by atoms with Gasteiger partial charge in [-0.15, -0.1) is 11.6 Å². The van der Waals surface area contributed by atoms with Gasteiger partial charge >= 0.3 is 0 Å². The third kappa shape index (κ3) is 3.05. The van der Waals surface area contributed by atoms with Crippen LogP contribution >= 0.6 is 34.8 Å². The first-order chi connectivity index (χ1) is 10.2. The highest BCUT2D eigenvalue weighted by atomic mass is 35.5. The molecule has 0 saturated heterocycles. The fraction of sp³-hybridized carbons (Fsp3) is 0.267. The van der Waals surface area contributed by atoms with Gasteiger partial charge in [0, 0.05) is 25.3 Å². The summed E-state index contributed by atoms with van der Waals surface area (Å²) in [4.78, 5) is 4.61. The first-order valence-electron chi connectivity index (χ1n) is 6.61. The predicted molar refractivity (Wildman–Crippen MR) is 86.6 cm³/mol. The van der Waals surface area contributed by atoms with Gasteiger partial charge in [0.05, 0.1) is 27.3 Å². The van der Waals surface area contributed by atoms with Crippen LogP contribution in [0.4, 0.5) is 0 Å². The molecule has 0 aliphatic carbocycles. The fourth-order valence-corrected chi connectivity index (χ4v) is 2.86. The topological polar surface area (TPSA) is 31.0 Å². The third-order valence-electron chi connectivity index (χ3n) is 3.35. The highest BCUT2D eigenvalue weighted by Gasteiger charge is 2.13. The molecule has 0 spiro atoms. The van der Waals surface area contributed by atoms with Crippen LogP contribution < -0.4 is 0 Å². The SMILES string of the molecule is ClCCc1nc2cc(Cl)c(Cl)cc2n1CCc1ccco1. The minimum atomic E-state index is 0.511. The van der Waals surface area contributed by atoms with Crippen LogP contribution in [0.5, 0.6) is 0 Å². The van der Waals surface area contributed by atoms with E-state index in [4.69, 9.17) is 39.2 Å². The van der Waals surface area contributed by atoms with E-state index in [0.29, 0.717) is 22.3 Å². The molecule has 0 amide bonds. The van der Waals surface area contributed by atoms with Crippen molar-refractivity contribution in [2.45, 2.75) is 19.4 Å². The smallest absolute Gasteiger partial charge is 0.111 e. The van der Waals surface area contributed by atoms with Crippen molar-refractivity contribution >= 4 is 45.8 Å². The zero-order chi connectivity index (χ0) is 14.8. The molecule has 0 unspecified atom stereocenters. The van der Waals surface area contributed by atoms with Crippen LogP contribution in [0.25, 0.3) is 11.0 Å². The highest BCUT2D eigenvalue weighted by Crippen LogP contribution is 2.28. The molecule has 21 heavy (non-hydrogen) atoms. The van der Waals surface area contributed by atoms with Gasteiger partial charge in [-0.05, 0) is 24.3 Å². The molecule has 0 atom stereocenters. The van der Waals surface area contributed by atoms with E-state index < -0.39 is 0 Å². The maximum atomic E-state index is 6.13. The van der Waals surface area contributed by atoms with E-state index in [-0.39, 0.29) is 0 Å². The Bertz CT molecular complexity index is 750. The Hall–Kier alpha value is -1.16. The number of hydrogen-bond donors (Lipinski definition) is 0. The molecule has 0 saturated carbocycles. The van der Waals surface area contributed by atoms with Crippen molar-refractivity contribution in [1.82, 2.24) is 9.55 Å². The number of fused-ring (bicyclic) bond motifs is 1. The van der Waals surface area contributed by atoms with Crippen molar-refractivity contribution in [1.29, 1.82) is 0 Å². The van der Waals surface area contributed by atoms with Crippen LogP contribution in [0, 0.1) is 0 Å². The lowest BCUT2D eigenvalue weighted by atomic mass is 10.3. The Labute approximate surface area is 137 Å². The zero-order valence-electron chi connectivity index (χ0n) is 11.2. The summed E-state index contributed by atoms with van der Waals surface area (Å²) in [6, 6.07) is 7.49. The average molecular weight is 344 g/mol. The van der Waals surface area contributed by atoms with E-state index >= 15 is 0 Å². The number of imidazole rings is 1. The second-order valence-electron chi connectivity index (χ2n) is 4.70. The summed E-state index contributed by atoms with van der Waals surface area (Å²) in [6.45, 7) is 0.758. The number of benzene rings is 1. The monoisotopic (exact) mass is 342 g/mol. The number of alkyl halides is 1. The number of rotatable bonds is 5. The number of halogens is 3. The van der Waals surface area contributed by atoms with Crippen molar-refractivity contribution in [3.63, 3.8) is 0 Å². The van der Waals surface area contributed by atoms with E-state index in [1.54, 1.807) is 12.3 Å². The second-order valence-corrected chi connectivity index (χ2v) is 5.90. The van der Waals surface area contributed by atoms with Crippen LogP contribution in [-0.4, -0.2) is 15.4 Å². The molecule has 6 heteroatoms. The lowest BCUT2D eigenvalue weighted by Crippen LogP contribution is -2.06. The number of aromatic nitrogens is 2. The summed E-state index contributed by atoms with van der Waals surface area (Å²) in [5.74, 6) is 2.39. The van der Waals surface area contributed by atoms with Gasteiger partial charge in [-0.3, -0.25) is 0 Å². The summed E-state index contributed by atoms with van der Waals surface area (Å²) >= 11 is 18.1. The summed E-state index contributed by atoms with van der Waals surface area (Å²) in [5, 5.41) is 1.04. The molecule has 110 valence electrons. The van der Waals surface area contributed by atoms with E-state index in [1.807, 2.05) is 18.2 Å². The summed E-state index contributed by atoms with van der Waals surface area (Å²) in [5.41, 5.74) is 1.81. The molecule has 3 aromatic rings. The Kier molecular flexibility index (Phi) is 4.43. The normalized spacial score (nSPS) is 11.4. The molecular weight excluding hydrogens is 331 g/mol. The molecule has 0 radical (unpaired) electrons. The molecule has 0 fully saturated rings. The lowest BCUT2D eigenvalue weighted by Gasteiger charge is -2.08. The zero-order valence-corrected chi connectivity index (χ0v) is 13.4. The maximum absolute atomic E-state index is 6.13. The number of hydrogen-bond acceptors (Lipinski definition) is 2. The Morgan fingerprint density at radius 1 is 1.14 bits per heavy atom. The van der Waals surface area contributed by atoms with Gasteiger partial charge in [-0.25, -0.2) is 4.98 Å². The van der Waals surface area contributed by atoms with Crippen molar-refractivity contribution < 1.29 is 4.42 Å². The third-order valence-corrected chi connectivity index (χ3v) is 4.26. The van der Waals surface area contributed by atoms with Gasteiger partial charge in [0.1, 0.15) is 11.6 Å². The van der Waals surface area contributed by atoms with Gasteiger partial charge in [-0.1, -0.05) is 23.2 Å². The molecule has 3 nitrogen and oxygen atoms in total. The first-order valence-corrected chi connectivity index (χ1v) is 7.90. The summed E-state index contributed by atoms with van der Waals surface area (Å²) in [7, 11) is 0. The van der Waals surface area contributed by atoms with E-state index in [9.17, 15) is 0 Å². The quantitative estimate of drug-likeness (QED) is 0.613. The molecule has 3 rings (SSSR count). The van der Waals surface area contributed by atoms with Crippen LogP contribution in [0.1, 0.15) is 11.6 Å². The molecule has 2 heterocycles. The van der Waals surface area contributed by atoms with E-state index in [1.165, 1.54) is 0 Å². The van der Waals surface area contributed by atoms with Crippen molar-refractivity contribution in [2.24, 2.45) is 0 Å². The van der Waals surface area contributed by atoms with Gasteiger partial charge < -0.3 is 8.98 Å². The van der Waals surface area contributed by atoms with Crippen molar-refractivity contribution in [3.8, 4) is 0 Å². The van der Waals surface area contributed by atoms with Crippen LogP contribution in [-0.2, 0) is 19.4 Å². The van der Waals surface area contributed by atoms with Gasteiger partial charge in [0.2, 0.25) is 0 Å². The minimum absolute atomic E-state index is 0.511. The number of aryl methyl sites for hydroxylation is 3. The van der Waals surface area contributed by atoms with Crippen molar-refractivity contribution in [3.05, 3.63) is 52.2 Å². The fourth-order valence-electron chi connectivity index (χ4n) is 2.37. The molecular formula is C15H13Cl3N2O. The Morgan fingerprint density at radius 2 is 1.95 bits per heavy atom. The molecule has 0 bridgehead atoms. The predicted octanol–water partition coefficient (Wildman–Crippen LogP) is 4.96. The number of furan rings is 1. The summed E-state index contributed by atoms with van der Waals surface area (Å²) in [6.07, 6.45) is 3.16. The van der Waals surface area contributed by atoms with Crippen LogP contribution in [0.15, 0.2) is 34.9 Å². The van der Waals surface area contributed by atoms with E-state index in [2.05, 4.69) is 9.55 Å². The molecule has 0 N–H and O–H groups in total. The largest absolute Gasteiger partial charge is 0.469 e. The highest BCUT2D eigenvalue weighted by molar-refractivity contribution is 6.42. The lowest BCUT2D eigenvalue weighted by molar-refractivity contribution is 0.490. The van der Waals surface area contributed by atoms with Crippen molar-refractivity contribution in [2.75, 3.05) is 5.88 Å². The first kappa shape index (κ1) is 14.8. The Balaban J connectivity index is 2.00. The van der Waals surface area contributed by atoms with Crippen LogP contribution in [0.3, 0.4) is 0 Å². The molecule has 0 aliphatic rings. The van der Waals surface area contributed by atoms with E-state index in [0.717, 1.165) is 35.6 Å². The van der Waals surface area contributed by atoms with Crippen LogP contribution in [0.2, 0.25) is 10.0 Å². The molecule has 1 aromatic carbocycles. The van der Waals surface area contributed by atoms with Gasteiger partial charge in [-0.2, -0.15) is 0 Å². The molecule has 2 aromatic heterocycles. The number of nitrogens with zero attached hydrogens (tertiary/aromatic N) is 2. The minimum Gasteiger partial charge on any atom is -0.469 e.